The highest BCUT2D eigenvalue weighted by Gasteiger charge is 2.27. The maximum atomic E-state index is 8.83. The summed E-state index contributed by atoms with van der Waals surface area (Å²) in [5.41, 5.74) is 0.0763. The van der Waals surface area contributed by atoms with E-state index in [1.54, 1.807) is 7.11 Å². The van der Waals surface area contributed by atoms with Crippen molar-refractivity contribution in [1.29, 1.82) is 0 Å². The molecule has 0 aromatic rings. The van der Waals surface area contributed by atoms with E-state index in [0.29, 0.717) is 0 Å². The Morgan fingerprint density at radius 3 is 2.00 bits per heavy atom. The molecule has 0 saturated carbocycles. The first kappa shape index (κ1) is 11.9. The first-order chi connectivity index (χ1) is 5.33. The number of rotatable bonds is 5. The summed E-state index contributed by atoms with van der Waals surface area (Å²) in [4.78, 5) is 0. The predicted molar refractivity (Wildman–Crippen MR) is 51.2 cm³/mol. The van der Waals surface area contributed by atoms with Crippen molar-refractivity contribution in [3.8, 4) is 0 Å². The second kappa shape index (κ2) is 4.24. The highest BCUT2D eigenvalue weighted by atomic mass is 16.5. The molecule has 0 aromatic heterocycles. The van der Waals surface area contributed by atoms with Crippen molar-refractivity contribution >= 4 is 0 Å². The van der Waals surface area contributed by atoms with Crippen LogP contribution in [-0.2, 0) is 4.74 Å². The lowest BCUT2D eigenvalue weighted by molar-refractivity contribution is -0.0174. The van der Waals surface area contributed by atoms with E-state index < -0.39 is 0 Å². The van der Waals surface area contributed by atoms with Crippen LogP contribution < -0.4 is 0 Å². The van der Waals surface area contributed by atoms with Gasteiger partial charge in [-0.1, -0.05) is 13.8 Å². The van der Waals surface area contributed by atoms with Gasteiger partial charge in [-0.3, -0.25) is 0 Å². The van der Waals surface area contributed by atoms with Gasteiger partial charge in [0, 0.05) is 13.7 Å². The van der Waals surface area contributed by atoms with Crippen molar-refractivity contribution in [2.45, 2.75) is 46.1 Å². The van der Waals surface area contributed by atoms with Crippen molar-refractivity contribution in [2.24, 2.45) is 5.41 Å². The molecule has 0 saturated heterocycles. The monoisotopic (exact) mass is 174 g/mol. The highest BCUT2D eigenvalue weighted by molar-refractivity contribution is 4.79. The van der Waals surface area contributed by atoms with E-state index in [1.165, 1.54) is 0 Å². The van der Waals surface area contributed by atoms with Crippen LogP contribution in [0.25, 0.3) is 0 Å². The van der Waals surface area contributed by atoms with Crippen LogP contribution in [-0.4, -0.2) is 24.4 Å². The van der Waals surface area contributed by atoms with E-state index >= 15 is 0 Å². The lowest BCUT2D eigenvalue weighted by atomic mass is 9.79. The first-order valence-corrected chi connectivity index (χ1v) is 4.49. The van der Waals surface area contributed by atoms with Crippen LogP contribution in [0.5, 0.6) is 0 Å². The molecule has 0 heterocycles. The fraction of sp³-hybridized carbons (Fsp3) is 1.00. The maximum absolute atomic E-state index is 8.83. The van der Waals surface area contributed by atoms with Crippen molar-refractivity contribution in [1.82, 2.24) is 0 Å². The Morgan fingerprint density at radius 2 is 1.67 bits per heavy atom. The molecule has 1 N–H and O–H groups in total. The van der Waals surface area contributed by atoms with Gasteiger partial charge in [0.2, 0.25) is 0 Å². The van der Waals surface area contributed by atoms with Crippen molar-refractivity contribution in [2.75, 3.05) is 13.7 Å². The lowest BCUT2D eigenvalue weighted by Crippen LogP contribution is -2.31. The van der Waals surface area contributed by atoms with Crippen LogP contribution in [0.4, 0.5) is 0 Å². The minimum Gasteiger partial charge on any atom is -0.396 e. The fourth-order valence-electron chi connectivity index (χ4n) is 1.62. The largest absolute Gasteiger partial charge is 0.396 e. The average Bonchev–Trinajstić information content (AvgIpc) is 1.85. The summed E-state index contributed by atoms with van der Waals surface area (Å²) in [6.45, 7) is 8.72. The van der Waals surface area contributed by atoms with Gasteiger partial charge in [-0.2, -0.15) is 0 Å². The quantitative estimate of drug-likeness (QED) is 0.692. The van der Waals surface area contributed by atoms with Crippen molar-refractivity contribution in [3.63, 3.8) is 0 Å². The molecule has 0 unspecified atom stereocenters. The predicted octanol–water partition coefficient (Wildman–Crippen LogP) is 2.21. The Balaban J connectivity index is 4.04. The van der Waals surface area contributed by atoms with E-state index in [0.717, 1.165) is 12.8 Å². The molecule has 0 atom stereocenters. The smallest absolute Gasteiger partial charge is 0.0627 e. The van der Waals surface area contributed by atoms with Gasteiger partial charge in [0.1, 0.15) is 0 Å². The topological polar surface area (TPSA) is 29.5 Å². The fourth-order valence-corrected chi connectivity index (χ4v) is 1.62. The lowest BCUT2D eigenvalue weighted by Gasteiger charge is -2.33. The molecule has 0 radical (unpaired) electrons. The van der Waals surface area contributed by atoms with Crippen LogP contribution in [0.2, 0.25) is 0 Å². The number of aliphatic hydroxyl groups is 1. The molecular weight excluding hydrogens is 152 g/mol. The third kappa shape index (κ3) is 4.73. The van der Waals surface area contributed by atoms with Crippen molar-refractivity contribution in [3.05, 3.63) is 0 Å². The third-order valence-corrected chi connectivity index (χ3v) is 2.25. The minimum absolute atomic E-state index is 0.0847. The Morgan fingerprint density at radius 1 is 1.17 bits per heavy atom. The first-order valence-electron chi connectivity index (χ1n) is 4.49. The molecule has 12 heavy (non-hydrogen) atoms. The number of hydrogen-bond donors (Lipinski definition) is 1. The van der Waals surface area contributed by atoms with Crippen LogP contribution in [0, 0.1) is 5.41 Å². The van der Waals surface area contributed by atoms with Crippen LogP contribution in [0.15, 0.2) is 0 Å². The standard InChI is InChI=1S/C10H22O2/c1-9(2,6-7-11)8-10(3,4)12-5/h11H,6-8H2,1-5H3. The maximum Gasteiger partial charge on any atom is 0.0627 e. The summed E-state index contributed by atoms with van der Waals surface area (Å²) in [6.07, 6.45) is 1.80. The van der Waals surface area contributed by atoms with E-state index in [-0.39, 0.29) is 17.6 Å². The summed E-state index contributed by atoms with van der Waals surface area (Å²) in [5, 5.41) is 8.83. The van der Waals surface area contributed by atoms with E-state index in [9.17, 15) is 0 Å². The summed E-state index contributed by atoms with van der Waals surface area (Å²) in [7, 11) is 1.73. The van der Waals surface area contributed by atoms with Crippen LogP contribution in [0.1, 0.15) is 40.5 Å². The zero-order valence-electron chi connectivity index (χ0n) is 8.98. The molecule has 74 valence electrons. The number of ether oxygens (including phenoxy) is 1. The molecule has 0 amide bonds. The molecule has 0 bridgehead atoms. The summed E-state index contributed by atoms with van der Waals surface area (Å²) in [5.74, 6) is 0. The molecule has 2 heteroatoms. The van der Waals surface area contributed by atoms with Gasteiger partial charge in [0.05, 0.1) is 5.60 Å². The minimum atomic E-state index is -0.0847. The summed E-state index contributed by atoms with van der Waals surface area (Å²) < 4.78 is 5.34. The molecule has 0 rings (SSSR count). The second-order valence-electron chi connectivity index (χ2n) is 4.78. The van der Waals surface area contributed by atoms with Crippen molar-refractivity contribution < 1.29 is 9.84 Å². The van der Waals surface area contributed by atoms with Gasteiger partial charge in [0.25, 0.3) is 0 Å². The second-order valence-corrected chi connectivity index (χ2v) is 4.78. The van der Waals surface area contributed by atoms with Crippen LogP contribution in [0.3, 0.4) is 0 Å². The molecule has 2 nitrogen and oxygen atoms in total. The normalized spacial score (nSPS) is 13.5. The molecule has 0 spiro atoms. The van der Waals surface area contributed by atoms with Gasteiger partial charge >= 0.3 is 0 Å². The molecular formula is C10H22O2. The molecule has 0 aliphatic rings. The van der Waals surface area contributed by atoms with Gasteiger partial charge < -0.3 is 9.84 Å². The van der Waals surface area contributed by atoms with Gasteiger partial charge in [0.15, 0.2) is 0 Å². The van der Waals surface area contributed by atoms with E-state index in [1.807, 2.05) is 0 Å². The Kier molecular flexibility index (Phi) is 4.21. The summed E-state index contributed by atoms with van der Waals surface area (Å²) >= 11 is 0. The molecule has 0 fully saturated rings. The highest BCUT2D eigenvalue weighted by Crippen LogP contribution is 2.32. The number of hydrogen-bond acceptors (Lipinski definition) is 2. The van der Waals surface area contributed by atoms with Gasteiger partial charge in [-0.05, 0) is 32.1 Å². The SMILES string of the molecule is COC(C)(C)CC(C)(C)CCO. The van der Waals surface area contributed by atoms with Crippen LogP contribution >= 0.6 is 0 Å². The number of aliphatic hydroxyl groups excluding tert-OH is 1. The zero-order valence-corrected chi connectivity index (χ0v) is 8.98. The van der Waals surface area contributed by atoms with E-state index in [2.05, 4.69) is 27.7 Å². The Bertz CT molecular complexity index is 128. The van der Waals surface area contributed by atoms with Gasteiger partial charge in [-0.15, -0.1) is 0 Å². The summed E-state index contributed by atoms with van der Waals surface area (Å²) in [6, 6.07) is 0. The molecule has 0 aliphatic heterocycles. The Labute approximate surface area is 75.9 Å². The molecule has 0 aliphatic carbocycles. The zero-order chi connectivity index (χ0) is 9.83. The number of methoxy groups -OCH3 is 1. The van der Waals surface area contributed by atoms with Gasteiger partial charge in [-0.25, -0.2) is 0 Å². The Hall–Kier alpha value is -0.0800. The average molecular weight is 174 g/mol. The van der Waals surface area contributed by atoms with E-state index in [4.69, 9.17) is 9.84 Å². The molecule has 0 aromatic carbocycles. The third-order valence-electron chi connectivity index (χ3n) is 2.25.